The van der Waals surface area contributed by atoms with Gasteiger partial charge >= 0.3 is 0 Å². The first-order valence-corrected chi connectivity index (χ1v) is 11.6. The number of carbonyl (C=O) groups excluding carboxylic acids is 3. The van der Waals surface area contributed by atoms with Crippen LogP contribution in [0.15, 0.2) is 36.4 Å². The third-order valence-electron chi connectivity index (χ3n) is 5.75. The first kappa shape index (κ1) is 25.6. The Kier molecular flexibility index (Phi) is 7.88. The minimum Gasteiger partial charge on any atom is -0.441 e. The average molecular weight is 504 g/mol. The minimum atomic E-state index is -0.722. The van der Waals surface area contributed by atoms with Crippen LogP contribution in [0.1, 0.15) is 28.9 Å². The molecule has 3 aromatic rings. The Morgan fingerprint density at radius 1 is 1.28 bits per heavy atom. The Balaban J connectivity index is 1.49. The van der Waals surface area contributed by atoms with E-state index in [1.165, 1.54) is 36.1 Å². The molecule has 3 amide bonds. The van der Waals surface area contributed by atoms with E-state index in [2.05, 4.69) is 15.6 Å². The van der Waals surface area contributed by atoms with Crippen molar-refractivity contribution in [3.05, 3.63) is 58.5 Å². The predicted molar refractivity (Wildman–Crippen MR) is 137 cm³/mol. The summed E-state index contributed by atoms with van der Waals surface area (Å²) < 4.78 is 15.5. The van der Waals surface area contributed by atoms with Crippen LogP contribution < -0.4 is 16.3 Å². The fraction of sp³-hybridized carbons (Fsp3) is 0.273. The van der Waals surface area contributed by atoms with Gasteiger partial charge in [0.2, 0.25) is 11.8 Å². The molecule has 180 valence electrons. The van der Waals surface area contributed by atoms with Gasteiger partial charge in [-0.25, -0.2) is 4.39 Å². The maximum absolute atomic E-state index is 14.1. The Morgan fingerprint density at radius 3 is 2.75 bits per heavy atom. The number of anilines is 1. The van der Waals surface area contributed by atoms with Crippen molar-refractivity contribution in [2.45, 2.75) is 32.0 Å². The molecule has 1 saturated carbocycles. The summed E-state index contributed by atoms with van der Waals surface area (Å²) in [7, 11) is 8.24. The molecular formula is C22H21B3ClFN6O3. The zero-order valence-corrected chi connectivity index (χ0v) is 20.0. The van der Waals surface area contributed by atoms with Gasteiger partial charge in [0, 0.05) is 44.0 Å². The van der Waals surface area contributed by atoms with E-state index in [1.807, 2.05) is 0 Å². The van der Waals surface area contributed by atoms with Crippen LogP contribution in [0.4, 0.5) is 10.1 Å². The SMILES string of the molecule is [B][B][B]Nc1ccc2c(C(N)=O)nn(CC(=O)N(CC(=O)NCc3cccc(Cl)c3F)C3CC3)c2c1. The van der Waals surface area contributed by atoms with E-state index >= 15 is 0 Å². The van der Waals surface area contributed by atoms with Gasteiger partial charge in [0.05, 0.1) is 17.1 Å². The van der Waals surface area contributed by atoms with Gasteiger partial charge in [-0.05, 0) is 37.1 Å². The highest BCUT2D eigenvalue weighted by molar-refractivity contribution is 7.24. The van der Waals surface area contributed by atoms with Crippen molar-refractivity contribution in [1.29, 1.82) is 0 Å². The van der Waals surface area contributed by atoms with Crippen LogP contribution in [0.3, 0.4) is 0 Å². The molecule has 0 bridgehead atoms. The van der Waals surface area contributed by atoms with Crippen LogP contribution >= 0.6 is 11.6 Å². The monoisotopic (exact) mass is 504 g/mol. The number of hydrogen-bond acceptors (Lipinski definition) is 5. The van der Waals surface area contributed by atoms with Gasteiger partial charge in [-0.2, -0.15) is 5.10 Å². The molecule has 2 aromatic carbocycles. The fourth-order valence-electron chi connectivity index (χ4n) is 3.83. The predicted octanol–water partition coefficient (Wildman–Crippen LogP) is 0.969. The van der Waals surface area contributed by atoms with Crippen LogP contribution in [-0.2, 0) is 22.7 Å². The Morgan fingerprint density at radius 2 is 2.06 bits per heavy atom. The van der Waals surface area contributed by atoms with Crippen molar-refractivity contribution in [3.63, 3.8) is 0 Å². The molecule has 4 rings (SSSR count). The van der Waals surface area contributed by atoms with E-state index in [-0.39, 0.29) is 47.9 Å². The van der Waals surface area contributed by atoms with Crippen molar-refractivity contribution < 1.29 is 18.8 Å². The van der Waals surface area contributed by atoms with Gasteiger partial charge < -0.3 is 21.2 Å². The molecule has 36 heavy (non-hydrogen) atoms. The smallest absolute Gasteiger partial charge is 0.269 e. The number of aromatic nitrogens is 2. The number of primary amides is 1. The number of nitrogens with two attached hydrogens (primary N) is 1. The highest BCUT2D eigenvalue weighted by Gasteiger charge is 2.34. The number of hydrogen-bond donors (Lipinski definition) is 3. The largest absolute Gasteiger partial charge is 0.441 e. The molecule has 14 heteroatoms. The Bertz CT molecular complexity index is 1320. The number of fused-ring (bicyclic) bond motifs is 1. The molecule has 0 unspecified atom stereocenters. The summed E-state index contributed by atoms with van der Waals surface area (Å²) in [5, 5.41) is 10.3. The van der Waals surface area contributed by atoms with Gasteiger partial charge in [0.1, 0.15) is 12.4 Å². The zero-order valence-electron chi connectivity index (χ0n) is 19.2. The summed E-state index contributed by atoms with van der Waals surface area (Å²) in [6, 6.07) is 9.59. The van der Waals surface area contributed by atoms with Crippen molar-refractivity contribution in [2.75, 3.05) is 11.8 Å². The van der Waals surface area contributed by atoms with Crippen LogP contribution in [0, 0.1) is 5.82 Å². The summed E-state index contributed by atoms with van der Waals surface area (Å²) in [5.74, 6) is -2.10. The molecule has 4 radical (unpaired) electrons. The molecule has 1 heterocycles. The quantitative estimate of drug-likeness (QED) is 0.336. The molecule has 0 aliphatic heterocycles. The Labute approximate surface area is 214 Å². The van der Waals surface area contributed by atoms with Gasteiger partial charge in [-0.15, -0.1) is 0 Å². The van der Waals surface area contributed by atoms with E-state index < -0.39 is 17.6 Å². The molecular weight excluding hydrogens is 483 g/mol. The average Bonchev–Trinajstić information content (AvgIpc) is 3.63. The number of nitrogens with zero attached hydrogens (tertiary/aromatic N) is 3. The van der Waals surface area contributed by atoms with Crippen LogP contribution in [0.2, 0.25) is 5.02 Å². The highest BCUT2D eigenvalue weighted by atomic mass is 35.5. The van der Waals surface area contributed by atoms with Gasteiger partial charge in [0.25, 0.3) is 5.91 Å². The summed E-state index contributed by atoms with van der Waals surface area (Å²) in [5.41, 5.74) is 6.96. The summed E-state index contributed by atoms with van der Waals surface area (Å²) >= 11 is 5.79. The van der Waals surface area contributed by atoms with Crippen molar-refractivity contribution in [2.24, 2.45) is 5.73 Å². The maximum Gasteiger partial charge on any atom is 0.269 e. The molecule has 1 aliphatic rings. The summed E-state index contributed by atoms with van der Waals surface area (Å²) in [6.45, 7) is -0.453. The van der Waals surface area contributed by atoms with Crippen LogP contribution in [-0.4, -0.2) is 67.1 Å². The second-order valence-corrected chi connectivity index (χ2v) is 8.76. The first-order chi connectivity index (χ1) is 17.3. The standard InChI is InChI=1S/C22H21B3ClFN6O3/c23-24-25-30-13-4-7-15-17(8-13)33(31-21(15)22(28)36)11-19(35)32(14-5-6-14)10-18(34)29-9-12-2-1-3-16(26)20(12)27/h1-4,7-8,14,30H,5-6,9-11H2,(H2,28,36)(H,29,34). The van der Waals surface area contributed by atoms with Gasteiger partial charge in [-0.3, -0.25) is 19.1 Å². The lowest BCUT2D eigenvalue weighted by Crippen LogP contribution is -2.43. The number of carbonyl (C=O) groups is 3. The number of nitrogens with one attached hydrogen (secondary N) is 2. The minimum absolute atomic E-state index is 0.0317. The van der Waals surface area contributed by atoms with Crippen LogP contribution in [0.25, 0.3) is 10.9 Å². The van der Waals surface area contributed by atoms with E-state index in [9.17, 15) is 18.8 Å². The van der Waals surface area contributed by atoms with E-state index in [0.29, 0.717) is 16.6 Å². The second-order valence-electron chi connectivity index (χ2n) is 8.35. The zero-order chi connectivity index (χ0) is 25.8. The number of benzene rings is 2. The molecule has 0 atom stereocenters. The summed E-state index contributed by atoms with van der Waals surface area (Å²) in [4.78, 5) is 39.2. The van der Waals surface area contributed by atoms with E-state index in [1.54, 1.807) is 24.3 Å². The lowest BCUT2D eigenvalue weighted by molar-refractivity contribution is -0.137. The normalized spacial score (nSPS) is 12.7. The van der Waals surface area contributed by atoms with Crippen LogP contribution in [0.5, 0.6) is 0 Å². The van der Waals surface area contributed by atoms with Crippen molar-refractivity contribution in [3.8, 4) is 0 Å². The lowest BCUT2D eigenvalue weighted by Gasteiger charge is -2.22. The third kappa shape index (κ3) is 5.84. The first-order valence-electron chi connectivity index (χ1n) is 11.2. The fourth-order valence-corrected chi connectivity index (χ4v) is 4.02. The molecule has 1 aromatic heterocycles. The van der Waals surface area contributed by atoms with Crippen molar-refractivity contribution >= 4 is 68.0 Å². The molecule has 0 spiro atoms. The van der Waals surface area contributed by atoms with Gasteiger partial charge in [-0.1, -0.05) is 23.7 Å². The Hall–Kier alpha value is -3.47. The topological polar surface area (TPSA) is 122 Å². The van der Waals surface area contributed by atoms with E-state index in [0.717, 1.165) is 12.8 Å². The number of halogens is 2. The third-order valence-corrected chi connectivity index (χ3v) is 6.04. The highest BCUT2D eigenvalue weighted by Crippen LogP contribution is 2.28. The molecule has 1 aliphatic carbocycles. The lowest BCUT2D eigenvalue weighted by atomic mass is 9.33. The number of rotatable bonds is 11. The molecule has 0 saturated heterocycles. The van der Waals surface area contributed by atoms with Crippen molar-refractivity contribution in [1.82, 2.24) is 20.0 Å². The second kappa shape index (κ2) is 11.1. The molecule has 9 nitrogen and oxygen atoms in total. The maximum atomic E-state index is 14.1. The number of amides is 3. The molecule has 1 fully saturated rings. The summed E-state index contributed by atoms with van der Waals surface area (Å²) in [6.07, 6.45) is 1.54. The van der Waals surface area contributed by atoms with E-state index in [4.69, 9.17) is 25.1 Å². The van der Waals surface area contributed by atoms with Gasteiger partial charge in [0.15, 0.2) is 13.0 Å². The molecule has 4 N–H and O–H groups in total.